The second kappa shape index (κ2) is 7.10. The van der Waals surface area contributed by atoms with E-state index in [0.29, 0.717) is 0 Å². The molecular formula is C19H14Br2N4OS. The summed E-state index contributed by atoms with van der Waals surface area (Å²) in [6.45, 7) is 0. The highest BCUT2D eigenvalue weighted by atomic mass is 79.9. The summed E-state index contributed by atoms with van der Waals surface area (Å²) in [5, 5.41) is 6.81. The number of halogens is 2. The fourth-order valence-electron chi connectivity index (χ4n) is 3.00. The van der Waals surface area contributed by atoms with Crippen molar-refractivity contribution in [3.8, 4) is 27.6 Å². The van der Waals surface area contributed by atoms with Gasteiger partial charge in [-0.2, -0.15) is 5.10 Å². The van der Waals surface area contributed by atoms with Crippen LogP contribution in [0.1, 0.15) is 0 Å². The average Bonchev–Trinajstić information content (AvgIpc) is 3.33. The van der Waals surface area contributed by atoms with E-state index in [1.807, 2.05) is 47.2 Å². The molecule has 136 valence electrons. The first-order valence-electron chi connectivity index (χ1n) is 7.99. The third-order valence-corrected chi connectivity index (χ3v) is 5.73. The molecule has 0 aliphatic carbocycles. The normalized spacial score (nSPS) is 11.0. The largest absolute Gasteiger partial charge is 0.497 e. The predicted molar refractivity (Wildman–Crippen MR) is 118 cm³/mol. The molecule has 0 bridgehead atoms. The van der Waals surface area contributed by atoms with E-state index in [2.05, 4.69) is 33.0 Å². The molecular weight excluding hydrogens is 492 g/mol. The van der Waals surface area contributed by atoms with Gasteiger partial charge in [-0.05, 0) is 30.3 Å². The summed E-state index contributed by atoms with van der Waals surface area (Å²) in [4.78, 5) is 8.90. The molecule has 0 unspecified atom stereocenters. The number of nitrogens with zero attached hydrogens (tertiary/aromatic N) is 3. The van der Waals surface area contributed by atoms with E-state index in [-0.39, 0.29) is 17.0 Å². The smallest absolute Gasteiger partial charge is 0.213 e. The molecule has 3 heterocycles. The molecule has 5 nitrogen and oxygen atoms in total. The van der Waals surface area contributed by atoms with Crippen LogP contribution >= 0.6 is 44.2 Å². The lowest BCUT2D eigenvalue weighted by molar-refractivity contribution is 0.415. The Hall–Kier alpha value is -2.16. The molecule has 2 aromatic carbocycles. The monoisotopic (exact) mass is 504 g/mol. The third kappa shape index (κ3) is 3.18. The highest BCUT2D eigenvalue weighted by Crippen LogP contribution is 2.34. The van der Waals surface area contributed by atoms with Crippen molar-refractivity contribution in [3.05, 3.63) is 59.3 Å². The molecule has 0 fully saturated rings. The van der Waals surface area contributed by atoms with E-state index < -0.39 is 0 Å². The topological polar surface area (TPSA) is 55.2 Å². The first kappa shape index (κ1) is 18.2. The third-order valence-electron chi connectivity index (χ3n) is 4.28. The van der Waals surface area contributed by atoms with Gasteiger partial charge in [-0.1, -0.05) is 39.4 Å². The van der Waals surface area contributed by atoms with Crippen LogP contribution in [0.15, 0.2) is 59.3 Å². The first-order valence-corrected chi connectivity index (χ1v) is 9.60. The highest BCUT2D eigenvalue weighted by molar-refractivity contribution is 9.10. The zero-order valence-electron chi connectivity index (χ0n) is 14.1. The van der Waals surface area contributed by atoms with Crippen LogP contribution in [0, 0.1) is 0 Å². The summed E-state index contributed by atoms with van der Waals surface area (Å²) in [5.74, 6) is 0.817. The maximum Gasteiger partial charge on any atom is 0.213 e. The summed E-state index contributed by atoms with van der Waals surface area (Å²) in [7, 11) is 1.66. The van der Waals surface area contributed by atoms with Gasteiger partial charge in [0.2, 0.25) is 4.96 Å². The SMILES string of the molecule is Br.COc1cccc(-c2cn3nc(-c4c[nH]c5ccc(Br)cc45)sc3n2)c1. The van der Waals surface area contributed by atoms with E-state index in [0.717, 1.165) is 47.9 Å². The van der Waals surface area contributed by atoms with Gasteiger partial charge in [0.05, 0.1) is 19.0 Å². The van der Waals surface area contributed by atoms with Gasteiger partial charge in [-0.15, -0.1) is 17.0 Å². The number of fused-ring (bicyclic) bond motifs is 2. The number of aromatic amines is 1. The number of benzene rings is 2. The molecule has 0 amide bonds. The maximum absolute atomic E-state index is 5.30. The van der Waals surface area contributed by atoms with Crippen molar-refractivity contribution in [2.75, 3.05) is 7.11 Å². The second-order valence-electron chi connectivity index (χ2n) is 5.88. The van der Waals surface area contributed by atoms with Crippen LogP contribution in [-0.4, -0.2) is 26.7 Å². The van der Waals surface area contributed by atoms with Crippen LogP contribution in [0.3, 0.4) is 0 Å². The van der Waals surface area contributed by atoms with Crippen LogP contribution in [0.2, 0.25) is 0 Å². The van der Waals surface area contributed by atoms with Crippen molar-refractivity contribution >= 4 is 60.1 Å². The van der Waals surface area contributed by atoms with Gasteiger partial charge in [0, 0.05) is 32.7 Å². The van der Waals surface area contributed by atoms with Crippen molar-refractivity contribution in [1.82, 2.24) is 19.6 Å². The molecule has 0 aliphatic heterocycles. The van der Waals surface area contributed by atoms with Crippen LogP contribution in [0.25, 0.3) is 37.7 Å². The lowest BCUT2D eigenvalue weighted by Crippen LogP contribution is -1.84. The molecule has 5 aromatic rings. The summed E-state index contributed by atoms with van der Waals surface area (Å²) in [6, 6.07) is 14.1. The van der Waals surface area contributed by atoms with E-state index in [4.69, 9.17) is 14.8 Å². The number of hydrogen-bond acceptors (Lipinski definition) is 4. The Bertz CT molecular complexity index is 1230. The highest BCUT2D eigenvalue weighted by Gasteiger charge is 2.14. The molecule has 5 rings (SSSR count). The van der Waals surface area contributed by atoms with Crippen molar-refractivity contribution in [2.45, 2.75) is 0 Å². The van der Waals surface area contributed by atoms with Crippen LogP contribution in [-0.2, 0) is 0 Å². The maximum atomic E-state index is 5.30. The quantitative estimate of drug-likeness (QED) is 0.329. The van der Waals surface area contributed by atoms with Gasteiger partial charge >= 0.3 is 0 Å². The van der Waals surface area contributed by atoms with Crippen molar-refractivity contribution in [3.63, 3.8) is 0 Å². The van der Waals surface area contributed by atoms with Gasteiger partial charge in [-0.25, -0.2) is 9.50 Å². The summed E-state index contributed by atoms with van der Waals surface area (Å²) in [5.41, 5.74) is 4.07. The van der Waals surface area contributed by atoms with Crippen LogP contribution in [0.5, 0.6) is 5.75 Å². The minimum atomic E-state index is 0. The molecule has 0 saturated carbocycles. The van der Waals surface area contributed by atoms with Gasteiger partial charge in [0.1, 0.15) is 10.8 Å². The standard InChI is InChI=1S/C19H13BrN4OS.BrH/c1-25-13-4-2-3-11(7-13)17-10-24-19(22-17)26-18(23-24)15-9-21-16-6-5-12(20)8-14(15)16;/h2-10,21H,1H3;1H. The molecule has 0 aliphatic rings. The van der Waals surface area contributed by atoms with Gasteiger partial charge in [-0.3, -0.25) is 0 Å². The number of nitrogens with one attached hydrogen (secondary N) is 1. The molecule has 8 heteroatoms. The Balaban J connectivity index is 0.00000180. The van der Waals surface area contributed by atoms with Crippen LogP contribution < -0.4 is 4.74 Å². The lowest BCUT2D eigenvalue weighted by Gasteiger charge is -2.01. The molecule has 0 atom stereocenters. The Morgan fingerprint density at radius 3 is 2.89 bits per heavy atom. The van der Waals surface area contributed by atoms with Crippen molar-refractivity contribution < 1.29 is 4.74 Å². The summed E-state index contributed by atoms with van der Waals surface area (Å²) in [6.07, 6.45) is 3.95. The zero-order chi connectivity index (χ0) is 17.7. The van der Waals surface area contributed by atoms with E-state index in [9.17, 15) is 0 Å². The van der Waals surface area contributed by atoms with Gasteiger partial charge in [0.25, 0.3) is 0 Å². The fraction of sp³-hybridized carbons (Fsp3) is 0.0526. The Kier molecular flexibility index (Phi) is 4.79. The Labute approximate surface area is 177 Å². The number of ether oxygens (including phenoxy) is 1. The molecule has 0 spiro atoms. The fourth-order valence-corrected chi connectivity index (χ4v) is 4.27. The summed E-state index contributed by atoms with van der Waals surface area (Å²) < 4.78 is 8.18. The molecule has 0 saturated heterocycles. The predicted octanol–water partition coefficient (Wildman–Crippen LogP) is 5.96. The number of imidazole rings is 1. The second-order valence-corrected chi connectivity index (χ2v) is 7.76. The van der Waals surface area contributed by atoms with Gasteiger partial charge < -0.3 is 9.72 Å². The van der Waals surface area contributed by atoms with Crippen LogP contribution in [0.4, 0.5) is 0 Å². The van der Waals surface area contributed by atoms with Crippen molar-refractivity contribution in [2.24, 2.45) is 0 Å². The van der Waals surface area contributed by atoms with E-state index in [1.165, 1.54) is 0 Å². The lowest BCUT2D eigenvalue weighted by atomic mass is 10.1. The Morgan fingerprint density at radius 1 is 1.19 bits per heavy atom. The summed E-state index contributed by atoms with van der Waals surface area (Å²) >= 11 is 5.11. The number of methoxy groups -OCH3 is 1. The first-order chi connectivity index (χ1) is 12.7. The van der Waals surface area contributed by atoms with Crippen molar-refractivity contribution in [1.29, 1.82) is 0 Å². The van der Waals surface area contributed by atoms with Gasteiger partial charge in [0.15, 0.2) is 0 Å². The average molecular weight is 506 g/mol. The Morgan fingerprint density at radius 2 is 2.07 bits per heavy atom. The number of rotatable bonds is 3. The molecule has 3 aromatic heterocycles. The van der Waals surface area contributed by atoms with E-state index in [1.54, 1.807) is 18.4 Å². The number of H-pyrrole nitrogens is 1. The van der Waals surface area contributed by atoms with E-state index >= 15 is 0 Å². The number of aromatic nitrogens is 4. The zero-order valence-corrected chi connectivity index (χ0v) is 18.3. The molecule has 27 heavy (non-hydrogen) atoms. The molecule has 1 N–H and O–H groups in total. The minimum Gasteiger partial charge on any atom is -0.497 e. The molecule has 0 radical (unpaired) electrons. The minimum absolute atomic E-state index is 0. The number of hydrogen-bond donors (Lipinski definition) is 1.